The zero-order chi connectivity index (χ0) is 14.5. The summed E-state index contributed by atoms with van der Waals surface area (Å²) in [7, 11) is 1.90. The monoisotopic (exact) mass is 308 g/mol. The molecule has 0 radical (unpaired) electrons. The minimum Gasteiger partial charge on any atom is -0.348 e. The Hall–Kier alpha value is -1.65. The number of nitrogens with one attached hydrogen (secondary N) is 1. The van der Waals surface area contributed by atoms with E-state index in [1.165, 1.54) is 12.1 Å². The van der Waals surface area contributed by atoms with Gasteiger partial charge in [-0.3, -0.25) is 0 Å². The topological polar surface area (TPSA) is 15.3 Å². The summed E-state index contributed by atoms with van der Waals surface area (Å²) in [5.41, 5.74) is 1.83. The Morgan fingerprint density at radius 2 is 1.95 bits per heavy atom. The summed E-state index contributed by atoms with van der Waals surface area (Å²) in [6.07, 6.45) is 0. The maximum absolute atomic E-state index is 13.1. The van der Waals surface area contributed by atoms with Gasteiger partial charge in [0, 0.05) is 19.3 Å². The zero-order valence-electron chi connectivity index (χ0n) is 10.9. The molecule has 0 saturated carbocycles. The maximum Gasteiger partial charge on any atom is 0.173 e. The first-order valence-electron chi connectivity index (χ1n) is 6.07. The fraction of sp³-hybridized carbons (Fsp3) is 0.133. The molecular weight excluding hydrogens is 295 g/mol. The summed E-state index contributed by atoms with van der Waals surface area (Å²) in [5.74, 6) is -0.444. The van der Waals surface area contributed by atoms with Gasteiger partial charge in [0.05, 0.1) is 5.02 Å². The number of anilines is 1. The molecule has 0 aliphatic carbocycles. The van der Waals surface area contributed by atoms with Crippen molar-refractivity contribution in [2.24, 2.45) is 0 Å². The molecule has 0 aliphatic rings. The largest absolute Gasteiger partial charge is 0.348 e. The molecule has 0 atom stereocenters. The first kappa shape index (κ1) is 14.8. The fourth-order valence-corrected chi connectivity index (χ4v) is 2.08. The summed E-state index contributed by atoms with van der Waals surface area (Å²) < 4.78 is 13.1. The van der Waals surface area contributed by atoms with E-state index in [-0.39, 0.29) is 5.02 Å². The van der Waals surface area contributed by atoms with Crippen LogP contribution in [0.2, 0.25) is 5.02 Å². The molecule has 0 bridgehead atoms. The van der Waals surface area contributed by atoms with Gasteiger partial charge < -0.3 is 10.2 Å². The van der Waals surface area contributed by atoms with E-state index in [2.05, 4.69) is 5.32 Å². The van der Waals surface area contributed by atoms with Crippen molar-refractivity contribution in [2.75, 3.05) is 12.4 Å². The lowest BCUT2D eigenvalue weighted by atomic mass is 10.2. The van der Waals surface area contributed by atoms with Gasteiger partial charge in [0.25, 0.3) is 0 Å². The number of thiocarbonyl (C=S) groups is 1. The van der Waals surface area contributed by atoms with Crippen molar-refractivity contribution in [1.29, 1.82) is 0 Å². The van der Waals surface area contributed by atoms with E-state index in [0.29, 0.717) is 17.3 Å². The Bertz CT molecular complexity index is 604. The summed E-state index contributed by atoms with van der Waals surface area (Å²) >= 11 is 11.0. The Balaban J connectivity index is 1.99. The van der Waals surface area contributed by atoms with E-state index < -0.39 is 5.82 Å². The third-order valence-electron chi connectivity index (χ3n) is 2.78. The van der Waals surface area contributed by atoms with Crippen molar-refractivity contribution < 1.29 is 4.39 Å². The van der Waals surface area contributed by atoms with Gasteiger partial charge in [0.15, 0.2) is 5.11 Å². The average Bonchev–Trinajstić information content (AvgIpc) is 2.44. The highest BCUT2D eigenvalue weighted by molar-refractivity contribution is 7.80. The van der Waals surface area contributed by atoms with Crippen LogP contribution in [0.25, 0.3) is 0 Å². The molecule has 0 saturated heterocycles. The van der Waals surface area contributed by atoms with Crippen molar-refractivity contribution in [3.63, 3.8) is 0 Å². The van der Waals surface area contributed by atoms with Crippen LogP contribution in [0.15, 0.2) is 48.5 Å². The van der Waals surface area contributed by atoms with E-state index in [9.17, 15) is 4.39 Å². The van der Waals surface area contributed by atoms with E-state index >= 15 is 0 Å². The van der Waals surface area contributed by atoms with Crippen molar-refractivity contribution in [3.8, 4) is 0 Å². The predicted octanol–water partition coefficient (Wildman–Crippen LogP) is 4.31. The first-order chi connectivity index (χ1) is 9.56. The normalized spacial score (nSPS) is 10.2. The highest BCUT2D eigenvalue weighted by atomic mass is 35.5. The number of benzene rings is 2. The molecule has 0 fully saturated rings. The smallest absolute Gasteiger partial charge is 0.173 e. The average molecular weight is 309 g/mol. The minimum atomic E-state index is -0.444. The molecule has 2 nitrogen and oxygen atoms in total. The summed E-state index contributed by atoms with van der Waals surface area (Å²) in [6.45, 7) is 0.696. The summed E-state index contributed by atoms with van der Waals surface area (Å²) in [4.78, 5) is 1.90. The van der Waals surface area contributed by atoms with Crippen molar-refractivity contribution in [1.82, 2.24) is 4.90 Å². The standard InChI is InChI=1S/C15H14ClFN2S/c1-19(10-11-5-3-2-4-6-11)15(20)18-12-7-8-14(17)13(16)9-12/h2-9H,10H2,1H3,(H,18,20). The lowest BCUT2D eigenvalue weighted by Crippen LogP contribution is -2.30. The molecule has 0 aromatic heterocycles. The highest BCUT2D eigenvalue weighted by Crippen LogP contribution is 2.19. The summed E-state index contributed by atoms with van der Waals surface area (Å²) in [6, 6.07) is 14.4. The molecule has 0 amide bonds. The Morgan fingerprint density at radius 3 is 2.60 bits per heavy atom. The summed E-state index contributed by atoms with van der Waals surface area (Å²) in [5, 5.41) is 3.66. The van der Waals surface area contributed by atoms with Gasteiger partial charge >= 0.3 is 0 Å². The molecule has 104 valence electrons. The quantitative estimate of drug-likeness (QED) is 0.851. The minimum absolute atomic E-state index is 0.0727. The second-order valence-electron chi connectivity index (χ2n) is 4.40. The SMILES string of the molecule is CN(Cc1ccccc1)C(=S)Nc1ccc(F)c(Cl)c1. The van der Waals surface area contributed by atoms with E-state index in [0.717, 1.165) is 5.56 Å². The van der Waals surface area contributed by atoms with Crippen LogP contribution in [0.4, 0.5) is 10.1 Å². The van der Waals surface area contributed by atoms with Crippen LogP contribution in [0.3, 0.4) is 0 Å². The van der Waals surface area contributed by atoms with Crippen LogP contribution in [-0.4, -0.2) is 17.1 Å². The maximum atomic E-state index is 13.1. The zero-order valence-corrected chi connectivity index (χ0v) is 12.5. The Labute approximate surface area is 128 Å². The van der Waals surface area contributed by atoms with Gasteiger partial charge in [-0.1, -0.05) is 41.9 Å². The lowest BCUT2D eigenvalue weighted by Gasteiger charge is -2.21. The van der Waals surface area contributed by atoms with Crippen LogP contribution in [0, 0.1) is 5.82 Å². The van der Waals surface area contributed by atoms with Gasteiger partial charge in [0.1, 0.15) is 5.82 Å². The second kappa shape index (κ2) is 6.68. The van der Waals surface area contributed by atoms with Gasteiger partial charge in [-0.2, -0.15) is 0 Å². The number of hydrogen-bond donors (Lipinski definition) is 1. The van der Waals surface area contributed by atoms with Crippen LogP contribution < -0.4 is 5.32 Å². The van der Waals surface area contributed by atoms with Gasteiger partial charge in [-0.25, -0.2) is 4.39 Å². The van der Waals surface area contributed by atoms with Crippen LogP contribution >= 0.6 is 23.8 Å². The molecule has 0 spiro atoms. The van der Waals surface area contributed by atoms with Crippen molar-refractivity contribution >= 4 is 34.6 Å². The third kappa shape index (κ3) is 3.92. The molecular formula is C15H14ClFN2S. The number of halogens is 2. The van der Waals surface area contributed by atoms with Gasteiger partial charge in [-0.15, -0.1) is 0 Å². The molecule has 20 heavy (non-hydrogen) atoms. The van der Waals surface area contributed by atoms with Crippen LogP contribution in [0.1, 0.15) is 5.56 Å². The van der Waals surface area contributed by atoms with Gasteiger partial charge in [-0.05, 0) is 36.0 Å². The van der Waals surface area contributed by atoms with E-state index in [4.69, 9.17) is 23.8 Å². The van der Waals surface area contributed by atoms with Crippen molar-refractivity contribution in [3.05, 3.63) is 64.9 Å². The Kier molecular flexibility index (Phi) is 4.93. The predicted molar refractivity (Wildman–Crippen MR) is 85.5 cm³/mol. The molecule has 2 aromatic carbocycles. The molecule has 5 heteroatoms. The Morgan fingerprint density at radius 1 is 1.25 bits per heavy atom. The molecule has 2 aromatic rings. The number of hydrogen-bond acceptors (Lipinski definition) is 1. The van der Waals surface area contributed by atoms with Crippen LogP contribution in [0.5, 0.6) is 0 Å². The first-order valence-corrected chi connectivity index (χ1v) is 6.86. The second-order valence-corrected chi connectivity index (χ2v) is 5.19. The van der Waals surface area contributed by atoms with Gasteiger partial charge in [0.2, 0.25) is 0 Å². The number of nitrogens with zero attached hydrogens (tertiary/aromatic N) is 1. The lowest BCUT2D eigenvalue weighted by molar-refractivity contribution is 0.508. The molecule has 0 heterocycles. The molecule has 2 rings (SSSR count). The van der Waals surface area contributed by atoms with Crippen LogP contribution in [-0.2, 0) is 6.54 Å². The molecule has 0 unspecified atom stereocenters. The highest BCUT2D eigenvalue weighted by Gasteiger charge is 2.07. The van der Waals surface area contributed by atoms with E-state index in [1.54, 1.807) is 6.07 Å². The van der Waals surface area contributed by atoms with Crippen molar-refractivity contribution in [2.45, 2.75) is 6.54 Å². The molecule has 1 N–H and O–H groups in total. The molecule has 0 aliphatic heterocycles. The van der Waals surface area contributed by atoms with E-state index in [1.807, 2.05) is 42.3 Å². The number of rotatable bonds is 3. The third-order valence-corrected chi connectivity index (χ3v) is 3.48. The fourth-order valence-electron chi connectivity index (χ4n) is 1.72.